The molecule has 90 valence electrons. The molecule has 0 spiro atoms. The number of hydrogen-bond donors (Lipinski definition) is 1. The highest BCUT2D eigenvalue weighted by Gasteiger charge is 2.25. The van der Waals surface area contributed by atoms with Gasteiger partial charge in [0.2, 0.25) is 5.88 Å². The minimum atomic E-state index is -4.12. The fourth-order valence-electron chi connectivity index (χ4n) is 1.12. The molecule has 0 aliphatic heterocycles. The molecule has 3 nitrogen and oxygen atoms in total. The number of halogens is 3. The van der Waals surface area contributed by atoms with E-state index in [1.807, 2.05) is 0 Å². The van der Waals surface area contributed by atoms with Gasteiger partial charge < -0.3 is 10.1 Å². The minimum absolute atomic E-state index is 0.109. The number of aromatic nitrogens is 1. The van der Waals surface area contributed by atoms with E-state index in [9.17, 15) is 13.2 Å². The summed E-state index contributed by atoms with van der Waals surface area (Å²) in [5, 5.41) is 2.67. The Labute approximate surface area is 91.6 Å². The van der Waals surface area contributed by atoms with Crippen LogP contribution in [0.2, 0.25) is 0 Å². The number of nitrogens with zero attached hydrogens (tertiary/aromatic N) is 1. The monoisotopic (exact) mass is 234 g/mol. The maximum Gasteiger partial charge on any atom is 0.390 e. The van der Waals surface area contributed by atoms with E-state index in [0.717, 1.165) is 0 Å². The second kappa shape index (κ2) is 5.69. The maximum absolute atomic E-state index is 11.8. The number of rotatable bonds is 5. The lowest BCUT2D eigenvalue weighted by Crippen LogP contribution is -2.21. The summed E-state index contributed by atoms with van der Waals surface area (Å²) in [7, 11) is 1.49. The molecule has 0 saturated heterocycles. The first-order valence-electron chi connectivity index (χ1n) is 4.78. The van der Waals surface area contributed by atoms with Crippen molar-refractivity contribution in [3.05, 3.63) is 23.9 Å². The molecule has 1 heterocycles. The Balaban J connectivity index is 2.32. The average Bonchev–Trinajstić information content (AvgIpc) is 2.23. The first-order chi connectivity index (χ1) is 7.51. The van der Waals surface area contributed by atoms with Gasteiger partial charge in [-0.1, -0.05) is 6.07 Å². The molecule has 0 aliphatic carbocycles. The van der Waals surface area contributed by atoms with Gasteiger partial charge in [-0.2, -0.15) is 13.2 Å². The van der Waals surface area contributed by atoms with Crippen molar-refractivity contribution in [2.24, 2.45) is 0 Å². The Morgan fingerprint density at radius 2 is 2.12 bits per heavy atom. The molecule has 0 aromatic carbocycles. The quantitative estimate of drug-likeness (QED) is 0.792. The van der Waals surface area contributed by atoms with Gasteiger partial charge in [-0.25, -0.2) is 4.98 Å². The lowest BCUT2D eigenvalue weighted by Gasteiger charge is -2.07. The summed E-state index contributed by atoms with van der Waals surface area (Å²) < 4.78 is 40.4. The van der Waals surface area contributed by atoms with Gasteiger partial charge in [-0.05, 0) is 6.07 Å². The zero-order chi connectivity index (χ0) is 12.0. The number of pyridine rings is 1. The molecule has 0 bridgehead atoms. The molecule has 0 unspecified atom stereocenters. The standard InChI is InChI=1S/C10H13F3N2O/c1-16-9-4-2-3-8(15-9)7-14-6-5-10(11,12)13/h2-4,14H,5-7H2,1H3. The number of hydrogen-bond acceptors (Lipinski definition) is 3. The fourth-order valence-corrected chi connectivity index (χ4v) is 1.12. The van der Waals surface area contributed by atoms with Crippen LogP contribution < -0.4 is 10.1 Å². The van der Waals surface area contributed by atoms with E-state index < -0.39 is 12.6 Å². The first-order valence-corrected chi connectivity index (χ1v) is 4.78. The van der Waals surface area contributed by atoms with Gasteiger partial charge in [0.05, 0.1) is 19.2 Å². The van der Waals surface area contributed by atoms with E-state index in [4.69, 9.17) is 4.74 Å². The van der Waals surface area contributed by atoms with E-state index in [1.165, 1.54) is 7.11 Å². The molecule has 1 aromatic heterocycles. The number of ether oxygens (including phenoxy) is 1. The summed E-state index contributed by atoms with van der Waals surface area (Å²) in [6.45, 7) is 0.190. The van der Waals surface area contributed by atoms with E-state index in [-0.39, 0.29) is 6.54 Å². The summed E-state index contributed by atoms with van der Waals surface area (Å²) >= 11 is 0. The molecule has 0 atom stereocenters. The van der Waals surface area contributed by atoms with E-state index >= 15 is 0 Å². The van der Waals surface area contributed by atoms with Crippen LogP contribution in [0.5, 0.6) is 5.88 Å². The lowest BCUT2D eigenvalue weighted by atomic mass is 10.3. The van der Waals surface area contributed by atoms with Crippen molar-refractivity contribution in [3.8, 4) is 5.88 Å². The van der Waals surface area contributed by atoms with Crippen LogP contribution in [-0.4, -0.2) is 24.8 Å². The smallest absolute Gasteiger partial charge is 0.390 e. The maximum atomic E-state index is 11.8. The van der Waals surface area contributed by atoms with Crippen molar-refractivity contribution in [1.82, 2.24) is 10.3 Å². The van der Waals surface area contributed by atoms with Crippen molar-refractivity contribution in [2.75, 3.05) is 13.7 Å². The van der Waals surface area contributed by atoms with Crippen LogP contribution in [0.25, 0.3) is 0 Å². The molecule has 0 amide bonds. The second-order valence-corrected chi connectivity index (χ2v) is 3.21. The van der Waals surface area contributed by atoms with Crippen LogP contribution in [0, 0.1) is 0 Å². The predicted molar refractivity (Wildman–Crippen MR) is 53.2 cm³/mol. The Kier molecular flexibility index (Phi) is 4.54. The van der Waals surface area contributed by atoms with Gasteiger partial charge in [0, 0.05) is 19.2 Å². The third kappa shape index (κ3) is 4.97. The van der Waals surface area contributed by atoms with Gasteiger partial charge in [-0.3, -0.25) is 0 Å². The zero-order valence-corrected chi connectivity index (χ0v) is 8.84. The van der Waals surface area contributed by atoms with E-state index in [1.54, 1.807) is 18.2 Å². The summed E-state index contributed by atoms with van der Waals surface area (Å²) in [5.74, 6) is 0.454. The average molecular weight is 234 g/mol. The normalized spacial score (nSPS) is 11.5. The number of nitrogens with one attached hydrogen (secondary N) is 1. The van der Waals surface area contributed by atoms with Gasteiger partial charge in [0.15, 0.2) is 0 Å². The van der Waals surface area contributed by atoms with Crippen LogP contribution in [0.1, 0.15) is 12.1 Å². The SMILES string of the molecule is COc1cccc(CNCCC(F)(F)F)n1. The Morgan fingerprint density at radius 1 is 1.38 bits per heavy atom. The fraction of sp³-hybridized carbons (Fsp3) is 0.500. The Bertz CT molecular complexity index is 328. The van der Waals surface area contributed by atoms with Crippen molar-refractivity contribution in [2.45, 2.75) is 19.1 Å². The van der Waals surface area contributed by atoms with Crippen molar-refractivity contribution < 1.29 is 17.9 Å². The highest BCUT2D eigenvalue weighted by molar-refractivity contribution is 5.15. The van der Waals surface area contributed by atoms with Gasteiger partial charge in [-0.15, -0.1) is 0 Å². The van der Waals surface area contributed by atoms with Gasteiger partial charge >= 0.3 is 6.18 Å². The predicted octanol–water partition coefficient (Wildman–Crippen LogP) is 2.13. The van der Waals surface area contributed by atoms with Crippen LogP contribution in [0.3, 0.4) is 0 Å². The number of methoxy groups -OCH3 is 1. The molecule has 0 fully saturated rings. The van der Waals surface area contributed by atoms with Crippen molar-refractivity contribution >= 4 is 0 Å². The zero-order valence-electron chi connectivity index (χ0n) is 8.84. The second-order valence-electron chi connectivity index (χ2n) is 3.21. The van der Waals surface area contributed by atoms with Gasteiger partial charge in [0.1, 0.15) is 0 Å². The van der Waals surface area contributed by atoms with Crippen LogP contribution in [0.15, 0.2) is 18.2 Å². The summed E-state index contributed by atoms with van der Waals surface area (Å²) in [6, 6.07) is 5.15. The topological polar surface area (TPSA) is 34.1 Å². The Hall–Kier alpha value is -1.30. The molecule has 0 aliphatic rings. The van der Waals surface area contributed by atoms with Crippen molar-refractivity contribution in [1.29, 1.82) is 0 Å². The molecular weight excluding hydrogens is 221 g/mol. The largest absolute Gasteiger partial charge is 0.481 e. The summed E-state index contributed by atoms with van der Waals surface area (Å²) in [4.78, 5) is 4.06. The summed E-state index contributed by atoms with van der Waals surface area (Å²) in [6.07, 6.45) is -4.95. The van der Waals surface area contributed by atoms with Crippen LogP contribution >= 0.6 is 0 Å². The molecule has 0 radical (unpaired) electrons. The first kappa shape index (κ1) is 12.8. The molecular formula is C10H13F3N2O. The Morgan fingerprint density at radius 3 is 2.75 bits per heavy atom. The van der Waals surface area contributed by atoms with Gasteiger partial charge in [0.25, 0.3) is 0 Å². The summed E-state index contributed by atoms with van der Waals surface area (Å²) in [5.41, 5.74) is 0.654. The molecule has 6 heteroatoms. The van der Waals surface area contributed by atoms with E-state index in [2.05, 4.69) is 10.3 Å². The lowest BCUT2D eigenvalue weighted by molar-refractivity contribution is -0.133. The minimum Gasteiger partial charge on any atom is -0.481 e. The van der Waals surface area contributed by atoms with Crippen molar-refractivity contribution in [3.63, 3.8) is 0 Å². The van der Waals surface area contributed by atoms with Crippen LogP contribution in [-0.2, 0) is 6.54 Å². The third-order valence-corrected chi connectivity index (χ3v) is 1.88. The molecule has 1 rings (SSSR count). The van der Waals surface area contributed by atoms with E-state index in [0.29, 0.717) is 18.1 Å². The van der Waals surface area contributed by atoms with Crippen LogP contribution in [0.4, 0.5) is 13.2 Å². The molecule has 1 aromatic rings. The number of alkyl halides is 3. The molecule has 0 saturated carbocycles. The highest BCUT2D eigenvalue weighted by atomic mass is 19.4. The third-order valence-electron chi connectivity index (χ3n) is 1.88. The molecule has 1 N–H and O–H groups in total. The highest BCUT2D eigenvalue weighted by Crippen LogP contribution is 2.18. The molecule has 16 heavy (non-hydrogen) atoms.